The molecule has 0 saturated carbocycles. The molecule has 1 aromatic heterocycles. The van der Waals surface area contributed by atoms with Gasteiger partial charge in [-0.05, 0) is 24.1 Å². The molecule has 1 unspecified atom stereocenters. The average molecular weight is 343 g/mol. The molecule has 0 amide bonds. The molecular formula is C19H19ClN2O2. The molecule has 0 saturated heterocycles. The van der Waals surface area contributed by atoms with Crippen molar-refractivity contribution in [1.29, 1.82) is 0 Å². The number of methoxy groups -OCH3 is 2. The molecule has 0 bridgehead atoms. The van der Waals surface area contributed by atoms with Crippen LogP contribution in [0.1, 0.15) is 22.9 Å². The molecule has 24 heavy (non-hydrogen) atoms. The maximum Gasteiger partial charge on any atom is 0.141 e. The van der Waals surface area contributed by atoms with E-state index in [0.717, 1.165) is 29.8 Å². The van der Waals surface area contributed by atoms with Gasteiger partial charge in [-0.25, -0.2) is 0 Å². The molecule has 4 rings (SSSR count). The molecule has 0 fully saturated rings. The molecule has 2 N–H and O–H groups in total. The predicted octanol–water partition coefficient (Wildman–Crippen LogP) is 4.07. The van der Waals surface area contributed by atoms with Gasteiger partial charge in [-0.1, -0.05) is 29.8 Å². The van der Waals surface area contributed by atoms with Crippen LogP contribution >= 0.6 is 11.6 Å². The first-order valence-electron chi connectivity index (χ1n) is 7.97. The fourth-order valence-corrected chi connectivity index (χ4v) is 3.80. The molecule has 124 valence electrons. The SMILES string of the molecule is COc1cc(OC)c(C2NCCc3c2[nH]c2ccccc32)cc1Cl. The number of para-hydroxylation sites is 1. The van der Waals surface area contributed by atoms with Gasteiger partial charge in [0.25, 0.3) is 0 Å². The predicted molar refractivity (Wildman–Crippen MR) is 96.4 cm³/mol. The number of hydrogen-bond acceptors (Lipinski definition) is 3. The Balaban J connectivity index is 1.89. The van der Waals surface area contributed by atoms with Gasteiger partial charge in [0.2, 0.25) is 0 Å². The molecule has 0 spiro atoms. The summed E-state index contributed by atoms with van der Waals surface area (Å²) in [6.45, 7) is 0.909. The van der Waals surface area contributed by atoms with E-state index in [4.69, 9.17) is 21.1 Å². The van der Waals surface area contributed by atoms with Crippen LogP contribution in [-0.4, -0.2) is 25.7 Å². The minimum absolute atomic E-state index is 0.0134. The number of hydrogen-bond donors (Lipinski definition) is 2. The van der Waals surface area contributed by atoms with Crippen LogP contribution in [0.25, 0.3) is 10.9 Å². The first kappa shape index (κ1) is 15.4. The number of halogens is 1. The molecule has 3 aromatic rings. The van der Waals surface area contributed by atoms with Crippen molar-refractivity contribution < 1.29 is 9.47 Å². The Morgan fingerprint density at radius 2 is 1.88 bits per heavy atom. The molecule has 1 aliphatic heterocycles. The Hall–Kier alpha value is -2.17. The number of rotatable bonds is 3. The minimum Gasteiger partial charge on any atom is -0.496 e. The Kier molecular flexibility index (Phi) is 3.87. The Labute approximate surface area is 145 Å². The largest absolute Gasteiger partial charge is 0.496 e. The summed E-state index contributed by atoms with van der Waals surface area (Å²) in [6.07, 6.45) is 1.00. The van der Waals surface area contributed by atoms with Crippen LogP contribution in [-0.2, 0) is 6.42 Å². The van der Waals surface area contributed by atoms with Gasteiger partial charge in [0, 0.05) is 34.8 Å². The zero-order valence-corrected chi connectivity index (χ0v) is 14.4. The second-order valence-corrected chi connectivity index (χ2v) is 6.34. The van der Waals surface area contributed by atoms with Crippen LogP contribution in [0.4, 0.5) is 0 Å². The van der Waals surface area contributed by atoms with E-state index < -0.39 is 0 Å². The highest BCUT2D eigenvalue weighted by molar-refractivity contribution is 6.32. The van der Waals surface area contributed by atoms with Crippen LogP contribution in [0.5, 0.6) is 11.5 Å². The number of ether oxygens (including phenoxy) is 2. The third-order valence-electron chi connectivity index (χ3n) is 4.67. The van der Waals surface area contributed by atoms with Gasteiger partial charge < -0.3 is 19.8 Å². The van der Waals surface area contributed by atoms with E-state index in [1.54, 1.807) is 14.2 Å². The highest BCUT2D eigenvalue weighted by Crippen LogP contribution is 2.40. The van der Waals surface area contributed by atoms with Gasteiger partial charge in [-0.3, -0.25) is 0 Å². The number of benzene rings is 2. The van der Waals surface area contributed by atoms with Gasteiger partial charge in [0.05, 0.1) is 25.3 Å². The summed E-state index contributed by atoms with van der Waals surface area (Å²) in [4.78, 5) is 3.57. The number of H-pyrrole nitrogens is 1. The number of aromatic nitrogens is 1. The van der Waals surface area contributed by atoms with Crippen LogP contribution in [0.15, 0.2) is 36.4 Å². The van der Waals surface area contributed by atoms with E-state index in [0.29, 0.717) is 10.8 Å². The van der Waals surface area contributed by atoms with E-state index in [-0.39, 0.29) is 6.04 Å². The monoisotopic (exact) mass is 342 g/mol. The van der Waals surface area contributed by atoms with E-state index in [9.17, 15) is 0 Å². The van der Waals surface area contributed by atoms with Crippen LogP contribution < -0.4 is 14.8 Å². The van der Waals surface area contributed by atoms with Crippen molar-refractivity contribution in [2.45, 2.75) is 12.5 Å². The van der Waals surface area contributed by atoms with Crippen molar-refractivity contribution in [3.63, 3.8) is 0 Å². The molecule has 1 aliphatic rings. The van der Waals surface area contributed by atoms with Gasteiger partial charge in [-0.2, -0.15) is 0 Å². The minimum atomic E-state index is 0.0134. The van der Waals surface area contributed by atoms with Crippen LogP contribution in [0.2, 0.25) is 5.02 Å². The maximum absolute atomic E-state index is 6.36. The lowest BCUT2D eigenvalue weighted by molar-refractivity contribution is 0.386. The standard InChI is InChI=1S/C19H19ClN2O2/c1-23-16-10-17(24-2)14(20)9-13(16)18-19-12(7-8-21-18)11-5-3-4-6-15(11)22-19/h3-6,9-10,18,21-22H,7-8H2,1-2H3. The lowest BCUT2D eigenvalue weighted by Gasteiger charge is -2.26. The van der Waals surface area contributed by atoms with E-state index in [2.05, 4.69) is 34.6 Å². The molecular weight excluding hydrogens is 324 g/mol. The number of fused-ring (bicyclic) bond motifs is 3. The maximum atomic E-state index is 6.36. The Morgan fingerprint density at radius 3 is 2.67 bits per heavy atom. The first-order valence-corrected chi connectivity index (χ1v) is 8.35. The van der Waals surface area contributed by atoms with Crippen molar-refractivity contribution in [2.75, 3.05) is 20.8 Å². The van der Waals surface area contributed by atoms with Gasteiger partial charge in [0.15, 0.2) is 0 Å². The summed E-state index contributed by atoms with van der Waals surface area (Å²) >= 11 is 6.36. The van der Waals surface area contributed by atoms with Gasteiger partial charge in [-0.15, -0.1) is 0 Å². The molecule has 1 atom stereocenters. The second kappa shape index (κ2) is 6.04. The summed E-state index contributed by atoms with van der Waals surface area (Å²) in [7, 11) is 3.27. The van der Waals surface area contributed by atoms with Gasteiger partial charge >= 0.3 is 0 Å². The van der Waals surface area contributed by atoms with Crippen molar-refractivity contribution in [3.05, 3.63) is 58.2 Å². The lowest BCUT2D eigenvalue weighted by atomic mass is 9.93. The van der Waals surface area contributed by atoms with Crippen molar-refractivity contribution >= 4 is 22.5 Å². The summed E-state index contributed by atoms with van der Waals surface area (Å²) in [5.74, 6) is 1.38. The van der Waals surface area contributed by atoms with Crippen molar-refractivity contribution in [3.8, 4) is 11.5 Å². The second-order valence-electron chi connectivity index (χ2n) is 5.93. The summed E-state index contributed by atoms with van der Waals surface area (Å²) in [5.41, 5.74) is 4.72. The van der Waals surface area contributed by atoms with Crippen molar-refractivity contribution in [2.24, 2.45) is 0 Å². The molecule has 0 radical (unpaired) electrons. The highest BCUT2D eigenvalue weighted by atomic mass is 35.5. The summed E-state index contributed by atoms with van der Waals surface area (Å²) in [5, 5.41) is 5.45. The summed E-state index contributed by atoms with van der Waals surface area (Å²) < 4.78 is 10.9. The molecule has 5 heteroatoms. The molecule has 4 nitrogen and oxygen atoms in total. The lowest BCUT2D eigenvalue weighted by Crippen LogP contribution is -2.30. The third kappa shape index (κ3) is 2.34. The molecule has 0 aliphatic carbocycles. The highest BCUT2D eigenvalue weighted by Gasteiger charge is 2.28. The Morgan fingerprint density at radius 1 is 1.08 bits per heavy atom. The van der Waals surface area contributed by atoms with Gasteiger partial charge in [0.1, 0.15) is 11.5 Å². The smallest absolute Gasteiger partial charge is 0.141 e. The normalized spacial score (nSPS) is 16.9. The summed E-state index contributed by atoms with van der Waals surface area (Å²) in [6, 6.07) is 12.2. The number of nitrogens with one attached hydrogen (secondary N) is 2. The molecule has 2 heterocycles. The fraction of sp³-hybridized carbons (Fsp3) is 0.263. The van der Waals surface area contributed by atoms with Crippen molar-refractivity contribution in [1.82, 2.24) is 10.3 Å². The zero-order valence-electron chi connectivity index (χ0n) is 13.7. The van der Waals surface area contributed by atoms with E-state index >= 15 is 0 Å². The quantitative estimate of drug-likeness (QED) is 0.754. The van der Waals surface area contributed by atoms with E-state index in [1.807, 2.05) is 12.1 Å². The Bertz CT molecular complexity index is 904. The average Bonchev–Trinajstić information content (AvgIpc) is 3.00. The zero-order chi connectivity index (χ0) is 16.7. The topological polar surface area (TPSA) is 46.3 Å². The first-order chi connectivity index (χ1) is 11.7. The van der Waals surface area contributed by atoms with Crippen LogP contribution in [0.3, 0.4) is 0 Å². The fourth-order valence-electron chi connectivity index (χ4n) is 3.55. The number of aromatic amines is 1. The van der Waals surface area contributed by atoms with E-state index in [1.165, 1.54) is 16.6 Å². The third-order valence-corrected chi connectivity index (χ3v) is 4.97. The molecule has 2 aromatic carbocycles. The van der Waals surface area contributed by atoms with Crippen LogP contribution in [0, 0.1) is 0 Å².